The van der Waals surface area contributed by atoms with Crippen molar-refractivity contribution in [3.63, 3.8) is 0 Å². The topological polar surface area (TPSA) is 66.8 Å². The van der Waals surface area contributed by atoms with E-state index in [4.69, 9.17) is 0 Å². The number of ether oxygens (including phenoxy) is 1. The normalized spacial score (nSPS) is 17.8. The minimum absolute atomic E-state index is 0.0369. The first-order valence-electron chi connectivity index (χ1n) is 11.7. The number of benzene rings is 1. The van der Waals surface area contributed by atoms with Crippen LogP contribution in [0, 0.1) is 17.8 Å². The molecule has 1 unspecified atom stereocenters. The number of esters is 1. The van der Waals surface area contributed by atoms with Crippen LogP contribution in [-0.4, -0.2) is 47.7 Å². The number of likely N-dealkylation sites (tertiary alicyclic amines) is 1. The largest absolute Gasteiger partial charge is 0.469 e. The molecule has 32 heavy (non-hydrogen) atoms. The molecule has 1 aliphatic rings. The van der Waals surface area contributed by atoms with Gasteiger partial charge >= 0.3 is 5.97 Å². The number of aliphatic hydroxyl groups is 1. The van der Waals surface area contributed by atoms with E-state index in [-0.39, 0.29) is 23.8 Å². The van der Waals surface area contributed by atoms with Crippen molar-refractivity contribution >= 4 is 11.9 Å². The number of rotatable bonds is 12. The molecule has 0 aliphatic carbocycles. The van der Waals surface area contributed by atoms with Crippen LogP contribution < -0.4 is 0 Å². The summed E-state index contributed by atoms with van der Waals surface area (Å²) in [5, 5.41) is 10.5. The third kappa shape index (κ3) is 9.28. The summed E-state index contributed by atoms with van der Waals surface area (Å²) in [5.74, 6) is 6.41. The third-order valence-corrected chi connectivity index (χ3v) is 5.93. The first-order valence-corrected chi connectivity index (χ1v) is 11.7. The van der Waals surface area contributed by atoms with Crippen molar-refractivity contribution in [2.45, 2.75) is 76.9 Å². The Kier molecular flexibility index (Phi) is 11.6. The van der Waals surface area contributed by atoms with Gasteiger partial charge in [-0.05, 0) is 30.7 Å². The average Bonchev–Trinajstić information content (AvgIpc) is 3.16. The van der Waals surface area contributed by atoms with Gasteiger partial charge in [-0.15, -0.1) is 5.92 Å². The second kappa shape index (κ2) is 14.5. The molecule has 1 saturated heterocycles. The van der Waals surface area contributed by atoms with Crippen LogP contribution in [0.3, 0.4) is 0 Å². The second-order valence-corrected chi connectivity index (χ2v) is 8.51. The molecule has 1 N–H and O–H groups in total. The van der Waals surface area contributed by atoms with Gasteiger partial charge in [0.25, 0.3) is 0 Å². The molecule has 5 heteroatoms. The Morgan fingerprint density at radius 3 is 2.72 bits per heavy atom. The maximum absolute atomic E-state index is 12.3. The predicted molar refractivity (Wildman–Crippen MR) is 127 cm³/mol. The lowest BCUT2D eigenvalue weighted by atomic mass is 9.99. The molecule has 0 saturated carbocycles. The molecule has 0 spiro atoms. The van der Waals surface area contributed by atoms with Crippen molar-refractivity contribution in [2.75, 3.05) is 13.7 Å². The highest BCUT2D eigenvalue weighted by Gasteiger charge is 2.28. The van der Waals surface area contributed by atoms with Crippen LogP contribution in [-0.2, 0) is 20.7 Å². The van der Waals surface area contributed by atoms with Gasteiger partial charge in [0.15, 0.2) is 0 Å². The number of hydrogen-bond acceptors (Lipinski definition) is 4. The molecule has 0 radical (unpaired) electrons. The lowest BCUT2D eigenvalue weighted by molar-refractivity contribution is -0.140. The summed E-state index contributed by atoms with van der Waals surface area (Å²) in [6.45, 7) is 2.72. The zero-order chi connectivity index (χ0) is 23.2. The Bertz CT molecular complexity index is 793. The van der Waals surface area contributed by atoms with Crippen LogP contribution in [0.15, 0.2) is 42.5 Å². The van der Waals surface area contributed by atoms with Gasteiger partial charge in [-0.25, -0.2) is 0 Å². The Hall–Kier alpha value is -2.58. The number of hydrogen-bond donors (Lipinski definition) is 1. The quantitative estimate of drug-likeness (QED) is 0.228. The summed E-state index contributed by atoms with van der Waals surface area (Å²) in [6.07, 6.45) is 10.1. The fourth-order valence-corrected chi connectivity index (χ4v) is 3.80. The van der Waals surface area contributed by atoms with Crippen LogP contribution in [0.2, 0.25) is 0 Å². The number of aliphatic hydroxyl groups excluding tert-OH is 1. The molecule has 1 aliphatic heterocycles. The van der Waals surface area contributed by atoms with Gasteiger partial charge < -0.3 is 14.7 Å². The number of carbonyl (C=O) groups excluding carboxylic acids is 2. The van der Waals surface area contributed by atoms with E-state index in [1.807, 2.05) is 42.2 Å². The molecular formula is C27H37NO4. The predicted octanol–water partition coefficient (Wildman–Crippen LogP) is 4.29. The maximum Gasteiger partial charge on any atom is 0.305 e. The van der Waals surface area contributed by atoms with Gasteiger partial charge in [-0.3, -0.25) is 9.59 Å². The molecule has 1 aromatic carbocycles. The summed E-state index contributed by atoms with van der Waals surface area (Å²) in [7, 11) is 1.41. The Balaban J connectivity index is 1.71. The van der Waals surface area contributed by atoms with E-state index in [0.29, 0.717) is 19.3 Å². The molecule has 0 aromatic heterocycles. The summed E-state index contributed by atoms with van der Waals surface area (Å²) in [4.78, 5) is 25.3. The third-order valence-electron chi connectivity index (χ3n) is 5.93. The van der Waals surface area contributed by atoms with E-state index < -0.39 is 6.10 Å². The highest BCUT2D eigenvalue weighted by Crippen LogP contribution is 2.22. The summed E-state index contributed by atoms with van der Waals surface area (Å²) >= 11 is 0. The first kappa shape index (κ1) is 25.7. The fourth-order valence-electron chi connectivity index (χ4n) is 3.80. The zero-order valence-corrected chi connectivity index (χ0v) is 19.5. The molecule has 2 rings (SSSR count). The number of methoxy groups -OCH3 is 1. The van der Waals surface area contributed by atoms with E-state index in [2.05, 4.69) is 28.7 Å². The molecule has 174 valence electrons. The van der Waals surface area contributed by atoms with Crippen LogP contribution in [0.1, 0.15) is 63.9 Å². The monoisotopic (exact) mass is 439 g/mol. The Labute approximate surface area is 192 Å². The van der Waals surface area contributed by atoms with Crippen molar-refractivity contribution in [2.24, 2.45) is 5.92 Å². The maximum atomic E-state index is 12.3. The molecular weight excluding hydrogens is 402 g/mol. The van der Waals surface area contributed by atoms with Gasteiger partial charge in [0.05, 0.1) is 19.3 Å². The fraction of sp³-hybridized carbons (Fsp3) is 0.556. The molecule has 0 bridgehead atoms. The van der Waals surface area contributed by atoms with Gasteiger partial charge in [-0.2, -0.15) is 0 Å². The molecule has 1 aromatic rings. The number of unbranched alkanes of at least 4 members (excludes halogenated alkanes) is 3. The Morgan fingerprint density at radius 2 is 1.97 bits per heavy atom. The van der Waals surface area contributed by atoms with Crippen molar-refractivity contribution < 1.29 is 19.4 Å². The van der Waals surface area contributed by atoms with Crippen LogP contribution >= 0.6 is 0 Å². The van der Waals surface area contributed by atoms with Gasteiger partial charge in [0.2, 0.25) is 5.91 Å². The van der Waals surface area contributed by atoms with E-state index in [1.165, 1.54) is 12.7 Å². The molecule has 1 fully saturated rings. The van der Waals surface area contributed by atoms with Gasteiger partial charge in [0.1, 0.15) is 0 Å². The van der Waals surface area contributed by atoms with Crippen LogP contribution in [0.4, 0.5) is 0 Å². The number of carbonyl (C=O) groups is 2. The molecule has 3 atom stereocenters. The SMILES string of the molecule is COC(=O)CCCCCCN1C(=O)CCC1C=C[C@@H](O)[C@@H](C)CC#CCc1ccccc1. The minimum Gasteiger partial charge on any atom is -0.469 e. The van der Waals surface area contributed by atoms with Crippen molar-refractivity contribution in [1.82, 2.24) is 4.90 Å². The summed E-state index contributed by atoms with van der Waals surface area (Å²) in [5.41, 5.74) is 1.20. The van der Waals surface area contributed by atoms with E-state index in [0.717, 1.165) is 45.1 Å². The number of amides is 1. The standard InChI is InChI=1S/C27H37NO4/c1-22(12-9-10-15-23-13-6-5-7-14-23)25(29)19-17-24-18-20-26(30)28(24)21-11-4-3-8-16-27(31)32-2/h5-7,13-14,17,19,22,24-25,29H,3-4,8,11-12,15-16,18,20-21H2,1-2H3/t22-,24?,25+/m0/s1. The smallest absolute Gasteiger partial charge is 0.305 e. The summed E-state index contributed by atoms with van der Waals surface area (Å²) < 4.78 is 4.65. The van der Waals surface area contributed by atoms with Crippen LogP contribution in [0.25, 0.3) is 0 Å². The average molecular weight is 440 g/mol. The molecule has 5 nitrogen and oxygen atoms in total. The van der Waals surface area contributed by atoms with Crippen molar-refractivity contribution in [1.29, 1.82) is 0 Å². The second-order valence-electron chi connectivity index (χ2n) is 8.51. The summed E-state index contributed by atoms with van der Waals surface area (Å²) in [6, 6.07) is 10.2. The lowest BCUT2D eigenvalue weighted by Gasteiger charge is -2.23. The van der Waals surface area contributed by atoms with Gasteiger partial charge in [-0.1, -0.05) is 68.2 Å². The first-order chi connectivity index (χ1) is 15.5. The van der Waals surface area contributed by atoms with E-state index >= 15 is 0 Å². The zero-order valence-electron chi connectivity index (χ0n) is 19.5. The van der Waals surface area contributed by atoms with Gasteiger partial charge in [0, 0.05) is 32.2 Å². The van der Waals surface area contributed by atoms with Crippen molar-refractivity contribution in [3.8, 4) is 11.8 Å². The lowest BCUT2D eigenvalue weighted by Crippen LogP contribution is -2.33. The minimum atomic E-state index is -0.572. The molecule has 1 heterocycles. The number of nitrogens with zero attached hydrogens (tertiary/aromatic N) is 1. The molecule has 1 amide bonds. The highest BCUT2D eigenvalue weighted by molar-refractivity contribution is 5.79. The van der Waals surface area contributed by atoms with E-state index in [1.54, 1.807) is 0 Å². The highest BCUT2D eigenvalue weighted by atomic mass is 16.5. The van der Waals surface area contributed by atoms with Crippen molar-refractivity contribution in [3.05, 3.63) is 48.0 Å². The Morgan fingerprint density at radius 1 is 1.22 bits per heavy atom. The van der Waals surface area contributed by atoms with E-state index in [9.17, 15) is 14.7 Å². The van der Waals surface area contributed by atoms with Crippen LogP contribution in [0.5, 0.6) is 0 Å².